The van der Waals surface area contributed by atoms with Crippen LogP contribution in [-0.2, 0) is 6.54 Å². The zero-order valence-electron chi connectivity index (χ0n) is 13.5. The molecule has 0 atom stereocenters. The van der Waals surface area contributed by atoms with Gasteiger partial charge in [0.2, 0.25) is 0 Å². The van der Waals surface area contributed by atoms with Crippen molar-refractivity contribution >= 4 is 44.4 Å². The lowest BCUT2D eigenvalue weighted by molar-refractivity contribution is 0.0982. The predicted molar refractivity (Wildman–Crippen MR) is 100 cm³/mol. The number of aliphatic imine (C=N–C) groups is 1. The molecule has 1 N–H and O–H groups in total. The van der Waals surface area contributed by atoms with E-state index in [2.05, 4.69) is 15.4 Å². The van der Waals surface area contributed by atoms with Crippen molar-refractivity contribution in [1.29, 1.82) is 0 Å². The average molecular weight is 374 g/mol. The van der Waals surface area contributed by atoms with Gasteiger partial charge in [0.25, 0.3) is 5.91 Å². The fraction of sp³-hybridized carbons (Fsp3) is 0.235. The Morgan fingerprint density at radius 1 is 1.36 bits per heavy atom. The minimum absolute atomic E-state index is 0.137. The first-order valence-electron chi connectivity index (χ1n) is 7.80. The van der Waals surface area contributed by atoms with Crippen molar-refractivity contribution in [2.45, 2.75) is 13.5 Å². The Morgan fingerprint density at radius 2 is 2.16 bits per heavy atom. The van der Waals surface area contributed by atoms with Crippen LogP contribution in [0.4, 0.5) is 4.39 Å². The summed E-state index contributed by atoms with van der Waals surface area (Å²) >= 11 is 2.97. The molecule has 1 aliphatic rings. The molecule has 5 nitrogen and oxygen atoms in total. The molecule has 0 unspecified atom stereocenters. The summed E-state index contributed by atoms with van der Waals surface area (Å²) in [5.41, 5.74) is 1.84. The number of amidine groups is 1. The normalized spacial score (nSPS) is 14.1. The van der Waals surface area contributed by atoms with Crippen LogP contribution in [0, 0.1) is 12.7 Å². The van der Waals surface area contributed by atoms with Gasteiger partial charge in [0.05, 0.1) is 23.7 Å². The first kappa shape index (κ1) is 16.3. The van der Waals surface area contributed by atoms with Gasteiger partial charge in [0.15, 0.2) is 5.17 Å². The standard InChI is InChI=1S/C17H15FN4OS2/c1-10-13-8-14(15(23)20-17-19-6-7-24-17)25-16(13)22(21-10)9-11-2-4-12(18)5-3-11/h2-5,8H,6-7,9H2,1H3,(H,19,20,23). The van der Waals surface area contributed by atoms with E-state index in [1.807, 2.05) is 17.7 Å². The lowest BCUT2D eigenvalue weighted by Crippen LogP contribution is -2.26. The van der Waals surface area contributed by atoms with E-state index in [0.717, 1.165) is 33.8 Å². The van der Waals surface area contributed by atoms with Gasteiger partial charge in [0.1, 0.15) is 10.6 Å². The first-order chi connectivity index (χ1) is 12.1. The highest BCUT2D eigenvalue weighted by atomic mass is 32.2. The van der Waals surface area contributed by atoms with Crippen molar-refractivity contribution < 1.29 is 9.18 Å². The number of hydrogen-bond acceptors (Lipinski definition) is 5. The van der Waals surface area contributed by atoms with Crippen LogP contribution in [0.15, 0.2) is 35.3 Å². The molecule has 1 aromatic carbocycles. The topological polar surface area (TPSA) is 59.3 Å². The molecule has 1 aliphatic heterocycles. The van der Waals surface area contributed by atoms with Crippen LogP contribution in [0.3, 0.4) is 0 Å². The number of nitrogens with one attached hydrogen (secondary N) is 1. The molecule has 0 bridgehead atoms. The number of aromatic nitrogens is 2. The van der Waals surface area contributed by atoms with Crippen molar-refractivity contribution in [3.63, 3.8) is 0 Å². The van der Waals surface area contributed by atoms with Gasteiger partial charge in [0, 0.05) is 11.1 Å². The van der Waals surface area contributed by atoms with Gasteiger partial charge in [-0.25, -0.2) is 4.39 Å². The molecule has 0 spiro atoms. The number of fused-ring (bicyclic) bond motifs is 1. The highest BCUT2D eigenvalue weighted by Gasteiger charge is 2.18. The second-order valence-electron chi connectivity index (χ2n) is 5.69. The smallest absolute Gasteiger partial charge is 0.267 e. The Labute approximate surface area is 151 Å². The van der Waals surface area contributed by atoms with Gasteiger partial charge in [-0.2, -0.15) is 5.10 Å². The summed E-state index contributed by atoms with van der Waals surface area (Å²) in [5, 5.41) is 9.06. The lowest BCUT2D eigenvalue weighted by atomic mass is 10.2. The molecule has 0 radical (unpaired) electrons. The second-order valence-corrected chi connectivity index (χ2v) is 7.80. The number of halogens is 1. The van der Waals surface area contributed by atoms with Gasteiger partial charge < -0.3 is 5.32 Å². The SMILES string of the molecule is Cc1nn(Cc2ccc(F)cc2)c2sc(C(=O)NC3=NCCS3)cc12. The van der Waals surface area contributed by atoms with Crippen LogP contribution in [0.5, 0.6) is 0 Å². The number of carbonyl (C=O) groups is 1. The van der Waals surface area contributed by atoms with E-state index < -0.39 is 0 Å². The summed E-state index contributed by atoms with van der Waals surface area (Å²) in [7, 11) is 0. The van der Waals surface area contributed by atoms with Crippen molar-refractivity contribution in [1.82, 2.24) is 15.1 Å². The Bertz CT molecular complexity index is 975. The molecule has 3 aromatic rings. The van der Waals surface area contributed by atoms with Crippen LogP contribution < -0.4 is 5.32 Å². The van der Waals surface area contributed by atoms with E-state index in [9.17, 15) is 9.18 Å². The summed E-state index contributed by atoms with van der Waals surface area (Å²) in [6.45, 7) is 3.21. The monoisotopic (exact) mass is 374 g/mol. The molecule has 3 heterocycles. The van der Waals surface area contributed by atoms with Crippen molar-refractivity contribution in [2.24, 2.45) is 4.99 Å². The molecule has 128 valence electrons. The quantitative estimate of drug-likeness (QED) is 0.764. The van der Waals surface area contributed by atoms with Crippen LogP contribution in [-0.4, -0.2) is 33.2 Å². The predicted octanol–water partition coefficient (Wildman–Crippen LogP) is 3.43. The Kier molecular flexibility index (Phi) is 4.30. The van der Waals surface area contributed by atoms with E-state index >= 15 is 0 Å². The summed E-state index contributed by atoms with van der Waals surface area (Å²) in [6, 6.07) is 8.25. The number of thiophene rings is 1. The summed E-state index contributed by atoms with van der Waals surface area (Å²) in [6.07, 6.45) is 0. The molecule has 8 heteroatoms. The van der Waals surface area contributed by atoms with E-state index in [0.29, 0.717) is 16.6 Å². The maximum Gasteiger partial charge on any atom is 0.267 e. The maximum absolute atomic E-state index is 13.1. The molecular weight excluding hydrogens is 359 g/mol. The Hall–Kier alpha value is -2.19. The van der Waals surface area contributed by atoms with Crippen molar-refractivity contribution in [3.8, 4) is 0 Å². The number of nitrogens with zero attached hydrogens (tertiary/aromatic N) is 3. The average Bonchev–Trinajstić information content (AvgIpc) is 3.29. The first-order valence-corrected chi connectivity index (χ1v) is 9.60. The lowest BCUT2D eigenvalue weighted by Gasteiger charge is -2.03. The molecule has 25 heavy (non-hydrogen) atoms. The molecule has 2 aromatic heterocycles. The van der Waals surface area contributed by atoms with E-state index in [-0.39, 0.29) is 11.7 Å². The van der Waals surface area contributed by atoms with Crippen molar-refractivity contribution in [3.05, 3.63) is 52.3 Å². The number of benzene rings is 1. The molecule has 0 saturated heterocycles. The van der Waals surface area contributed by atoms with Gasteiger partial charge in [-0.3, -0.25) is 14.5 Å². The fourth-order valence-electron chi connectivity index (χ4n) is 2.66. The minimum atomic E-state index is -0.256. The zero-order valence-corrected chi connectivity index (χ0v) is 15.1. The number of aryl methyl sites for hydroxylation is 1. The van der Waals surface area contributed by atoms with Crippen LogP contribution in [0.1, 0.15) is 20.9 Å². The van der Waals surface area contributed by atoms with Crippen LogP contribution in [0.2, 0.25) is 0 Å². The number of carbonyl (C=O) groups excluding carboxylic acids is 1. The Morgan fingerprint density at radius 3 is 2.88 bits per heavy atom. The number of hydrogen-bond donors (Lipinski definition) is 1. The summed E-state index contributed by atoms with van der Waals surface area (Å²) in [5.74, 6) is 0.517. The van der Waals surface area contributed by atoms with Gasteiger partial charge in [-0.15, -0.1) is 11.3 Å². The molecule has 0 aliphatic carbocycles. The summed E-state index contributed by atoms with van der Waals surface area (Å²) < 4.78 is 14.9. The number of thioether (sulfide) groups is 1. The minimum Gasteiger partial charge on any atom is -0.301 e. The van der Waals surface area contributed by atoms with Gasteiger partial charge in [-0.1, -0.05) is 23.9 Å². The van der Waals surface area contributed by atoms with E-state index in [1.165, 1.54) is 23.5 Å². The molecule has 0 saturated carbocycles. The third-order valence-electron chi connectivity index (χ3n) is 3.88. The van der Waals surface area contributed by atoms with Crippen LogP contribution in [0.25, 0.3) is 10.2 Å². The summed E-state index contributed by atoms with van der Waals surface area (Å²) in [4.78, 5) is 18.2. The maximum atomic E-state index is 13.1. The molecular formula is C17H15FN4OS2. The Balaban J connectivity index is 1.61. The second kappa shape index (κ2) is 6.61. The fourth-order valence-corrected chi connectivity index (χ4v) is 4.44. The third-order valence-corrected chi connectivity index (χ3v) is 5.92. The highest BCUT2D eigenvalue weighted by molar-refractivity contribution is 8.14. The van der Waals surface area contributed by atoms with Crippen LogP contribution >= 0.6 is 23.1 Å². The largest absolute Gasteiger partial charge is 0.301 e. The highest BCUT2D eigenvalue weighted by Crippen LogP contribution is 2.29. The number of rotatable bonds is 3. The van der Waals surface area contributed by atoms with E-state index in [1.54, 1.807) is 23.9 Å². The van der Waals surface area contributed by atoms with E-state index in [4.69, 9.17) is 0 Å². The molecule has 4 rings (SSSR count). The molecule has 1 amide bonds. The third kappa shape index (κ3) is 3.32. The van der Waals surface area contributed by atoms with Gasteiger partial charge >= 0.3 is 0 Å². The zero-order chi connectivity index (χ0) is 17.4. The van der Waals surface area contributed by atoms with Crippen molar-refractivity contribution in [2.75, 3.05) is 12.3 Å². The number of amides is 1. The molecule has 0 fully saturated rings. The van der Waals surface area contributed by atoms with Gasteiger partial charge in [-0.05, 0) is 30.7 Å².